The Bertz CT molecular complexity index is 2080. The number of rotatable bonds is 15. The Morgan fingerprint density at radius 1 is 0.714 bits per heavy atom. The molecule has 4 aromatic rings. The summed E-state index contributed by atoms with van der Waals surface area (Å²) in [5, 5.41) is 15.8. The summed E-state index contributed by atoms with van der Waals surface area (Å²) < 4.78 is 23.2. The number of alkyl halides is 1. The van der Waals surface area contributed by atoms with Crippen LogP contribution in [0.1, 0.15) is 150 Å². The molecule has 4 aromatic heterocycles. The predicted molar refractivity (Wildman–Crippen MR) is 254 cm³/mol. The number of carbonyl (C=O) groups excluding carboxylic acids is 2. The first-order valence-electron chi connectivity index (χ1n) is 23.7. The molecular formula is C48H73BrN8O6. The molecule has 6 heterocycles. The lowest BCUT2D eigenvalue weighted by Gasteiger charge is -2.34. The normalized spacial score (nSPS) is 17.6. The topological polar surface area (TPSA) is 150 Å². The summed E-state index contributed by atoms with van der Waals surface area (Å²) in [5.74, 6) is 2.68. The number of aromatic amines is 1. The average Bonchev–Trinajstić information content (AvgIpc) is 3.85. The predicted octanol–water partition coefficient (Wildman–Crippen LogP) is 9.70. The van der Waals surface area contributed by atoms with E-state index in [0.717, 1.165) is 117 Å². The molecule has 0 radical (unpaired) electrons. The van der Waals surface area contributed by atoms with E-state index in [0.29, 0.717) is 53.9 Å². The van der Waals surface area contributed by atoms with Crippen molar-refractivity contribution in [2.24, 2.45) is 23.7 Å². The third-order valence-corrected chi connectivity index (χ3v) is 14.1. The molecule has 0 atom stereocenters. The molecular weight excluding hydrogens is 864 g/mol. The summed E-state index contributed by atoms with van der Waals surface area (Å²) in [4.78, 5) is 38.9. The molecule has 4 fully saturated rings. The zero-order valence-electron chi connectivity index (χ0n) is 39.2. The molecule has 63 heavy (non-hydrogen) atoms. The van der Waals surface area contributed by atoms with Crippen molar-refractivity contribution in [2.45, 2.75) is 124 Å². The van der Waals surface area contributed by atoms with Crippen LogP contribution in [0.2, 0.25) is 0 Å². The monoisotopic (exact) mass is 936 g/mol. The minimum atomic E-state index is -0.404. The maximum atomic E-state index is 12.7. The highest BCUT2D eigenvalue weighted by Gasteiger charge is 2.30. The van der Waals surface area contributed by atoms with Crippen LogP contribution in [-0.4, -0.2) is 114 Å². The SMILES string of the molecule is BrCC1CCC1.CCOC(=O)c1cc(N2CCC(COC)CC2)c2c(C(C)C)[nH]nc2n1.CCOC(=O)c1cc(N2CCC(COC)CC2)c2c(C(C)C)nn(CC3CCC3)c2n1. The van der Waals surface area contributed by atoms with Gasteiger partial charge in [0.2, 0.25) is 0 Å². The Morgan fingerprint density at radius 2 is 1.22 bits per heavy atom. The molecule has 0 aromatic carbocycles. The summed E-state index contributed by atoms with van der Waals surface area (Å²) in [5.41, 5.74) is 6.33. The Labute approximate surface area is 383 Å². The van der Waals surface area contributed by atoms with E-state index >= 15 is 0 Å². The summed E-state index contributed by atoms with van der Waals surface area (Å²) in [7, 11) is 3.53. The van der Waals surface area contributed by atoms with Gasteiger partial charge in [-0.25, -0.2) is 24.2 Å². The molecule has 4 aliphatic rings. The quantitative estimate of drug-likeness (QED) is 0.0893. The van der Waals surface area contributed by atoms with Gasteiger partial charge >= 0.3 is 11.9 Å². The van der Waals surface area contributed by atoms with Crippen LogP contribution in [0.15, 0.2) is 12.1 Å². The van der Waals surface area contributed by atoms with E-state index in [1.807, 2.05) is 19.1 Å². The third-order valence-electron chi connectivity index (χ3n) is 13.1. The van der Waals surface area contributed by atoms with Crippen molar-refractivity contribution in [2.75, 3.05) is 82.0 Å². The van der Waals surface area contributed by atoms with E-state index in [9.17, 15) is 9.59 Å². The lowest BCUT2D eigenvalue weighted by atomic mass is 9.85. The van der Waals surface area contributed by atoms with E-state index in [1.165, 1.54) is 43.9 Å². The number of methoxy groups -OCH3 is 2. The van der Waals surface area contributed by atoms with Gasteiger partial charge in [0, 0.05) is 71.2 Å². The van der Waals surface area contributed by atoms with Crippen molar-refractivity contribution in [3.05, 3.63) is 34.9 Å². The number of carbonyl (C=O) groups is 2. The van der Waals surface area contributed by atoms with Crippen LogP contribution >= 0.6 is 15.9 Å². The van der Waals surface area contributed by atoms with Crippen LogP contribution in [0.3, 0.4) is 0 Å². The Balaban J connectivity index is 0.000000187. The van der Waals surface area contributed by atoms with Gasteiger partial charge in [0.15, 0.2) is 22.7 Å². The number of anilines is 2. The van der Waals surface area contributed by atoms with Gasteiger partial charge in [-0.3, -0.25) is 5.10 Å². The van der Waals surface area contributed by atoms with Crippen LogP contribution in [0, 0.1) is 23.7 Å². The van der Waals surface area contributed by atoms with Gasteiger partial charge in [-0.1, -0.05) is 56.5 Å². The zero-order chi connectivity index (χ0) is 45.0. The van der Waals surface area contributed by atoms with Gasteiger partial charge in [0.1, 0.15) is 0 Å². The first-order valence-corrected chi connectivity index (χ1v) is 24.8. The van der Waals surface area contributed by atoms with Gasteiger partial charge in [0.25, 0.3) is 0 Å². The van der Waals surface area contributed by atoms with Gasteiger partial charge in [-0.15, -0.1) is 0 Å². The average molecular weight is 938 g/mol. The third kappa shape index (κ3) is 12.1. The maximum absolute atomic E-state index is 12.7. The molecule has 2 aliphatic carbocycles. The Hall–Kier alpha value is -3.82. The van der Waals surface area contributed by atoms with Crippen LogP contribution in [0.4, 0.5) is 11.4 Å². The Kier molecular flexibility index (Phi) is 18.1. The van der Waals surface area contributed by atoms with E-state index in [1.54, 1.807) is 21.1 Å². The van der Waals surface area contributed by atoms with Crippen LogP contribution in [0.25, 0.3) is 22.1 Å². The highest BCUT2D eigenvalue weighted by Crippen LogP contribution is 2.38. The van der Waals surface area contributed by atoms with Crippen molar-refractivity contribution in [1.29, 1.82) is 0 Å². The second kappa shape index (κ2) is 23.4. The van der Waals surface area contributed by atoms with Crippen molar-refractivity contribution >= 4 is 61.3 Å². The second-order valence-corrected chi connectivity index (χ2v) is 19.1. The molecule has 14 nitrogen and oxygen atoms in total. The fourth-order valence-electron chi connectivity index (χ4n) is 8.99. The number of hydrogen-bond acceptors (Lipinski definition) is 12. The molecule has 8 rings (SSSR count). The number of halogens is 1. The molecule has 0 amide bonds. The zero-order valence-corrected chi connectivity index (χ0v) is 40.8. The molecule has 2 aliphatic heterocycles. The fourth-order valence-corrected chi connectivity index (χ4v) is 9.64. The number of ether oxygens (including phenoxy) is 4. The van der Waals surface area contributed by atoms with Crippen molar-refractivity contribution < 1.29 is 28.5 Å². The lowest BCUT2D eigenvalue weighted by Crippen LogP contribution is -2.35. The van der Waals surface area contributed by atoms with Crippen LogP contribution < -0.4 is 9.80 Å². The van der Waals surface area contributed by atoms with Gasteiger partial charge in [-0.05, 0) is 113 Å². The van der Waals surface area contributed by atoms with E-state index in [4.69, 9.17) is 29.0 Å². The van der Waals surface area contributed by atoms with Crippen LogP contribution in [0.5, 0.6) is 0 Å². The first kappa shape index (κ1) is 48.6. The van der Waals surface area contributed by atoms with E-state index in [-0.39, 0.29) is 11.9 Å². The minimum absolute atomic E-state index is 0.283. The van der Waals surface area contributed by atoms with Crippen molar-refractivity contribution in [3.8, 4) is 0 Å². The molecule has 348 valence electrons. The summed E-state index contributed by atoms with van der Waals surface area (Å²) >= 11 is 3.43. The fraction of sp³-hybridized carbons (Fsp3) is 0.708. The molecule has 15 heteroatoms. The minimum Gasteiger partial charge on any atom is -0.461 e. The number of pyridine rings is 2. The highest BCUT2D eigenvalue weighted by atomic mass is 79.9. The summed E-state index contributed by atoms with van der Waals surface area (Å²) in [6.07, 6.45) is 12.5. The molecule has 0 bridgehead atoms. The van der Waals surface area contributed by atoms with Crippen molar-refractivity contribution in [3.63, 3.8) is 0 Å². The molecule has 2 saturated carbocycles. The largest absolute Gasteiger partial charge is 0.461 e. The maximum Gasteiger partial charge on any atom is 0.357 e. The van der Waals surface area contributed by atoms with Crippen LogP contribution in [-0.2, 0) is 25.5 Å². The molecule has 2 saturated heterocycles. The smallest absolute Gasteiger partial charge is 0.357 e. The number of aromatic nitrogens is 6. The first-order chi connectivity index (χ1) is 30.5. The number of nitrogens with zero attached hydrogens (tertiary/aromatic N) is 7. The Morgan fingerprint density at radius 3 is 1.63 bits per heavy atom. The molecule has 0 spiro atoms. The number of piperidine rings is 2. The number of nitrogens with one attached hydrogen (secondary N) is 1. The van der Waals surface area contributed by atoms with E-state index < -0.39 is 5.97 Å². The number of esters is 2. The number of hydrogen-bond donors (Lipinski definition) is 1. The molecule has 0 unspecified atom stereocenters. The standard InChI is InChI=1S/C24H36N4O3.C19H28N4O3.C5H9Br/c1-5-31-24(29)19-13-20(27-11-9-18(10-12-27)15-30-4)21-22(16(2)3)26-28(23(21)25-19)14-17-7-6-8-17;1-5-26-19(24)14-10-15(23-8-6-13(7-9-23)11-25-4)16-17(12(2)3)21-22-18(16)20-14;6-4-5-2-1-3-5/h13,16-18H,5-12,14-15H2,1-4H3;10,12-13H,5-9,11H2,1-4H3,(H,20,21,22);5H,1-4H2. The van der Waals surface area contributed by atoms with Gasteiger partial charge < -0.3 is 28.7 Å². The van der Waals surface area contributed by atoms with Crippen molar-refractivity contribution in [1.82, 2.24) is 29.9 Å². The molecule has 1 N–H and O–H groups in total. The number of H-pyrrole nitrogens is 1. The van der Waals surface area contributed by atoms with E-state index in [2.05, 4.69) is 73.3 Å². The number of fused-ring (bicyclic) bond motifs is 2. The van der Waals surface area contributed by atoms with Gasteiger partial charge in [0.05, 0.1) is 41.1 Å². The second-order valence-electron chi connectivity index (χ2n) is 18.4. The summed E-state index contributed by atoms with van der Waals surface area (Å²) in [6, 6.07) is 3.79. The lowest BCUT2D eigenvalue weighted by molar-refractivity contribution is 0.0510. The summed E-state index contributed by atoms with van der Waals surface area (Å²) in [6.45, 7) is 19.1. The highest BCUT2D eigenvalue weighted by molar-refractivity contribution is 9.09. The van der Waals surface area contributed by atoms with Gasteiger partial charge in [-0.2, -0.15) is 10.2 Å².